The van der Waals surface area contributed by atoms with E-state index in [4.69, 9.17) is 13.7 Å². The minimum absolute atomic E-state index is 0.120. The number of rotatable bonds is 5. The van der Waals surface area contributed by atoms with Gasteiger partial charge < -0.3 is 24.4 Å². The molecule has 0 spiro atoms. The van der Waals surface area contributed by atoms with Crippen molar-refractivity contribution in [3.63, 3.8) is 0 Å². The number of carbonyl (C=O) groups is 3. The molecular weight excluding hydrogens is 439 g/mol. The molecule has 4 aromatic rings. The Morgan fingerprint density at radius 2 is 1.82 bits per heavy atom. The van der Waals surface area contributed by atoms with Crippen LogP contribution in [0.4, 0.5) is 5.82 Å². The fraction of sp³-hybridized carbons (Fsp3) is 0.0870. The fourth-order valence-corrected chi connectivity index (χ4v) is 3.63. The van der Waals surface area contributed by atoms with Crippen molar-refractivity contribution in [1.29, 1.82) is 0 Å². The van der Waals surface area contributed by atoms with Crippen molar-refractivity contribution in [1.82, 2.24) is 15.3 Å². The van der Waals surface area contributed by atoms with Crippen molar-refractivity contribution in [2.75, 3.05) is 5.32 Å². The zero-order valence-corrected chi connectivity index (χ0v) is 17.6. The van der Waals surface area contributed by atoms with E-state index in [1.807, 2.05) is 24.3 Å². The molecule has 1 aliphatic heterocycles. The van der Waals surface area contributed by atoms with Crippen molar-refractivity contribution < 1.29 is 28.1 Å². The predicted molar refractivity (Wildman–Crippen MR) is 121 cm³/mol. The summed E-state index contributed by atoms with van der Waals surface area (Å²) < 4.78 is 16.9. The topological polar surface area (TPSA) is 133 Å². The van der Waals surface area contributed by atoms with E-state index in [1.54, 1.807) is 30.5 Å². The lowest BCUT2D eigenvalue weighted by Gasteiger charge is -2.28. The lowest BCUT2D eigenvalue weighted by Crippen LogP contribution is -2.56. The van der Waals surface area contributed by atoms with Crippen LogP contribution in [0, 0.1) is 0 Å². The number of hydrogen-bond acceptors (Lipinski definition) is 8. The zero-order chi connectivity index (χ0) is 23.5. The van der Waals surface area contributed by atoms with E-state index in [2.05, 4.69) is 20.6 Å². The van der Waals surface area contributed by atoms with Crippen molar-refractivity contribution >= 4 is 41.7 Å². The molecule has 5 rings (SSSR count). The van der Waals surface area contributed by atoms with Gasteiger partial charge >= 0.3 is 24.9 Å². The van der Waals surface area contributed by atoms with Crippen LogP contribution in [0.3, 0.4) is 0 Å². The Morgan fingerprint density at radius 1 is 1.00 bits per heavy atom. The molecule has 0 saturated heterocycles. The van der Waals surface area contributed by atoms with Gasteiger partial charge in [-0.05, 0) is 30.2 Å². The first-order valence-corrected chi connectivity index (χ1v) is 10.4. The van der Waals surface area contributed by atoms with Crippen molar-refractivity contribution in [3.8, 4) is 5.75 Å². The highest BCUT2D eigenvalue weighted by Crippen LogP contribution is 2.27. The number of amides is 2. The van der Waals surface area contributed by atoms with Gasteiger partial charge in [-0.3, -0.25) is 14.6 Å². The molecule has 1 unspecified atom stereocenters. The van der Waals surface area contributed by atoms with E-state index in [9.17, 15) is 14.4 Å². The number of fused-ring (bicyclic) bond motifs is 2. The van der Waals surface area contributed by atoms with Gasteiger partial charge in [-0.1, -0.05) is 30.3 Å². The molecule has 168 valence electrons. The molecule has 2 N–H and O–H groups in total. The van der Waals surface area contributed by atoms with E-state index in [-0.39, 0.29) is 17.8 Å². The van der Waals surface area contributed by atoms with Crippen LogP contribution >= 0.6 is 0 Å². The molecule has 2 aromatic carbocycles. The quantitative estimate of drug-likeness (QED) is 0.345. The third kappa shape index (κ3) is 4.31. The standard InChI is InChI=1S/C23H17BN4O6/c29-21(22(30)28-20-12-25-9-10-26-20)27-19(11-14-13-32-17-7-3-1-5-15(14)17)24-33-18-8-4-2-6-16(18)23(31)34-24/h1-10,12-13,19H,11H2,(H,27,29)(H,26,28,30). The average molecular weight is 456 g/mol. The highest BCUT2D eigenvalue weighted by molar-refractivity contribution is 6.52. The van der Waals surface area contributed by atoms with Gasteiger partial charge in [-0.15, -0.1) is 0 Å². The Balaban J connectivity index is 1.40. The lowest BCUT2D eigenvalue weighted by atomic mass is 9.73. The Kier molecular flexibility index (Phi) is 5.65. The van der Waals surface area contributed by atoms with Crippen LogP contribution in [0.25, 0.3) is 11.0 Å². The smallest absolute Gasteiger partial charge is 0.524 e. The van der Waals surface area contributed by atoms with Crippen molar-refractivity contribution in [3.05, 3.63) is 84.5 Å². The van der Waals surface area contributed by atoms with Gasteiger partial charge in [0.1, 0.15) is 11.3 Å². The predicted octanol–water partition coefficient (Wildman–Crippen LogP) is 2.17. The monoisotopic (exact) mass is 456 g/mol. The SMILES string of the molecule is O=C(Nc1cnccn1)C(=O)NC(Cc1coc2ccccc12)B1OC(=O)c2ccccc2O1. The van der Waals surface area contributed by atoms with Gasteiger partial charge in [0.25, 0.3) is 0 Å². The summed E-state index contributed by atoms with van der Waals surface area (Å²) in [5.74, 6) is -2.96. The normalized spacial score (nSPS) is 13.4. The molecule has 0 saturated carbocycles. The second kappa shape index (κ2) is 9.06. The largest absolute Gasteiger partial charge is 0.621 e. The van der Waals surface area contributed by atoms with Gasteiger partial charge in [-0.2, -0.15) is 0 Å². The van der Waals surface area contributed by atoms with Gasteiger partial charge in [-0.25, -0.2) is 9.78 Å². The molecule has 0 bridgehead atoms. The Hall–Kier alpha value is -4.67. The van der Waals surface area contributed by atoms with Crippen LogP contribution < -0.4 is 15.3 Å². The highest BCUT2D eigenvalue weighted by atomic mass is 16.6. The Labute approximate surface area is 193 Å². The maximum Gasteiger partial charge on any atom is 0.621 e. The highest BCUT2D eigenvalue weighted by Gasteiger charge is 2.43. The fourth-order valence-electron chi connectivity index (χ4n) is 3.63. The summed E-state index contributed by atoms with van der Waals surface area (Å²) in [4.78, 5) is 45.5. The minimum atomic E-state index is -1.18. The molecule has 34 heavy (non-hydrogen) atoms. The summed E-state index contributed by atoms with van der Waals surface area (Å²) in [6, 6.07) is 14.0. The molecule has 3 heterocycles. The molecule has 0 fully saturated rings. The summed E-state index contributed by atoms with van der Waals surface area (Å²) in [6.45, 7) is 0. The maximum absolute atomic E-state index is 12.7. The summed E-state index contributed by atoms with van der Waals surface area (Å²) in [7, 11) is -1.18. The summed E-state index contributed by atoms with van der Waals surface area (Å²) in [5, 5.41) is 5.82. The first-order chi connectivity index (χ1) is 16.6. The maximum atomic E-state index is 12.7. The van der Waals surface area contributed by atoms with E-state index < -0.39 is 30.8 Å². The Morgan fingerprint density at radius 3 is 2.68 bits per heavy atom. The van der Waals surface area contributed by atoms with E-state index in [0.29, 0.717) is 11.3 Å². The summed E-state index contributed by atoms with van der Waals surface area (Å²) in [6.07, 6.45) is 5.85. The van der Waals surface area contributed by atoms with Crippen molar-refractivity contribution in [2.45, 2.75) is 12.4 Å². The van der Waals surface area contributed by atoms with Gasteiger partial charge in [0.2, 0.25) is 0 Å². The van der Waals surface area contributed by atoms with Gasteiger partial charge in [0.15, 0.2) is 5.82 Å². The number of aromatic nitrogens is 2. The first kappa shape index (κ1) is 21.2. The number of hydrogen-bond donors (Lipinski definition) is 2. The molecule has 0 radical (unpaired) electrons. The molecule has 1 atom stereocenters. The van der Waals surface area contributed by atoms with E-state index in [1.165, 1.54) is 18.6 Å². The van der Waals surface area contributed by atoms with Gasteiger partial charge in [0, 0.05) is 17.8 Å². The number of carbonyl (C=O) groups excluding carboxylic acids is 3. The molecule has 10 nitrogen and oxygen atoms in total. The number of anilines is 1. The number of nitrogens with zero attached hydrogens (tertiary/aromatic N) is 2. The zero-order valence-electron chi connectivity index (χ0n) is 17.6. The van der Waals surface area contributed by atoms with Crippen LogP contribution in [0.1, 0.15) is 15.9 Å². The minimum Gasteiger partial charge on any atom is -0.524 e. The number of para-hydroxylation sites is 2. The van der Waals surface area contributed by atoms with Crippen molar-refractivity contribution in [2.24, 2.45) is 0 Å². The Bertz CT molecular complexity index is 1380. The second-order valence-corrected chi connectivity index (χ2v) is 7.47. The van der Waals surface area contributed by atoms with E-state index >= 15 is 0 Å². The van der Waals surface area contributed by atoms with E-state index in [0.717, 1.165) is 10.9 Å². The van der Waals surface area contributed by atoms with Crippen LogP contribution in [0.15, 0.2) is 77.8 Å². The molecule has 11 heteroatoms. The third-order valence-electron chi connectivity index (χ3n) is 5.23. The van der Waals surface area contributed by atoms with Crippen LogP contribution in [-0.4, -0.2) is 40.8 Å². The molecule has 2 amide bonds. The third-order valence-corrected chi connectivity index (χ3v) is 5.23. The van der Waals surface area contributed by atoms with Crippen LogP contribution in [-0.2, 0) is 20.7 Å². The number of nitrogens with one attached hydrogen (secondary N) is 2. The molecule has 1 aliphatic rings. The second-order valence-electron chi connectivity index (χ2n) is 7.47. The summed E-state index contributed by atoms with van der Waals surface area (Å²) in [5.41, 5.74) is 1.68. The molecule has 2 aromatic heterocycles. The first-order valence-electron chi connectivity index (χ1n) is 10.4. The van der Waals surface area contributed by atoms with Gasteiger partial charge in [0.05, 0.1) is 24.0 Å². The van der Waals surface area contributed by atoms with Crippen LogP contribution in [0.2, 0.25) is 0 Å². The van der Waals surface area contributed by atoms with Crippen LogP contribution in [0.5, 0.6) is 5.75 Å². The molecular formula is C23H17BN4O6. The number of furan rings is 1. The summed E-state index contributed by atoms with van der Waals surface area (Å²) >= 11 is 0. The molecule has 0 aliphatic carbocycles. The lowest BCUT2D eigenvalue weighted by molar-refractivity contribution is -0.136. The number of benzene rings is 2. The average Bonchev–Trinajstić information content (AvgIpc) is 3.27.